The first-order valence-corrected chi connectivity index (χ1v) is 8.84. The van der Waals surface area contributed by atoms with E-state index in [0.717, 1.165) is 43.7 Å². The number of hydrogen-bond acceptors (Lipinski definition) is 4. The lowest BCUT2D eigenvalue weighted by molar-refractivity contribution is 0.0718. The Labute approximate surface area is 153 Å². The number of hydrogen-bond donors (Lipinski definition) is 1. The molecule has 0 aliphatic carbocycles. The summed E-state index contributed by atoms with van der Waals surface area (Å²) in [5, 5.41) is 2.86. The number of piperidine rings is 1. The monoisotopic (exact) mass is 353 g/mol. The first-order chi connectivity index (χ1) is 12.7. The number of benzene rings is 1. The number of amides is 2. The highest BCUT2D eigenvalue weighted by Gasteiger charge is 2.20. The zero-order valence-corrected chi connectivity index (χ0v) is 14.9. The van der Waals surface area contributed by atoms with Gasteiger partial charge in [0.2, 0.25) is 0 Å². The molecule has 2 heterocycles. The predicted molar refractivity (Wildman–Crippen MR) is 98.2 cm³/mol. The van der Waals surface area contributed by atoms with E-state index in [2.05, 4.69) is 10.3 Å². The number of ether oxygens (including phenoxy) is 1. The van der Waals surface area contributed by atoms with Crippen molar-refractivity contribution >= 4 is 11.8 Å². The highest BCUT2D eigenvalue weighted by Crippen LogP contribution is 2.17. The van der Waals surface area contributed by atoms with E-state index < -0.39 is 0 Å². The Morgan fingerprint density at radius 1 is 1.15 bits per heavy atom. The summed E-state index contributed by atoms with van der Waals surface area (Å²) in [4.78, 5) is 31.0. The third-order valence-electron chi connectivity index (χ3n) is 4.52. The van der Waals surface area contributed by atoms with E-state index in [0.29, 0.717) is 17.8 Å². The molecule has 1 N–H and O–H groups in total. The van der Waals surface area contributed by atoms with Gasteiger partial charge in [-0.3, -0.25) is 14.6 Å². The topological polar surface area (TPSA) is 71.5 Å². The van der Waals surface area contributed by atoms with Gasteiger partial charge in [-0.2, -0.15) is 0 Å². The molecule has 6 heteroatoms. The zero-order chi connectivity index (χ0) is 18.4. The Hall–Kier alpha value is -2.89. The maximum Gasteiger partial charge on any atom is 0.272 e. The van der Waals surface area contributed by atoms with Crippen LogP contribution in [0, 0.1) is 0 Å². The summed E-state index contributed by atoms with van der Waals surface area (Å²) in [6, 6.07) is 10.7. The number of rotatable bonds is 5. The lowest BCUT2D eigenvalue weighted by Crippen LogP contribution is -2.36. The summed E-state index contributed by atoms with van der Waals surface area (Å²) in [7, 11) is 1.60. The maximum atomic E-state index is 12.6. The number of nitrogens with one attached hydrogen (secondary N) is 1. The number of nitrogens with zero attached hydrogens (tertiary/aromatic N) is 2. The van der Waals surface area contributed by atoms with Crippen molar-refractivity contribution in [2.75, 3.05) is 20.2 Å². The van der Waals surface area contributed by atoms with Gasteiger partial charge in [-0.25, -0.2) is 0 Å². The van der Waals surface area contributed by atoms with Crippen LogP contribution in [-0.2, 0) is 6.54 Å². The third kappa shape index (κ3) is 4.20. The van der Waals surface area contributed by atoms with Crippen molar-refractivity contribution in [3.8, 4) is 5.75 Å². The van der Waals surface area contributed by atoms with Gasteiger partial charge >= 0.3 is 0 Å². The molecule has 3 rings (SSSR count). The van der Waals surface area contributed by atoms with E-state index in [1.807, 2.05) is 29.2 Å². The highest BCUT2D eigenvalue weighted by molar-refractivity contribution is 5.98. The molecule has 1 aliphatic heterocycles. The van der Waals surface area contributed by atoms with Crippen molar-refractivity contribution in [3.63, 3.8) is 0 Å². The second-order valence-corrected chi connectivity index (χ2v) is 6.28. The quantitative estimate of drug-likeness (QED) is 0.897. The van der Waals surface area contributed by atoms with Gasteiger partial charge in [-0.1, -0.05) is 18.2 Å². The molecule has 0 saturated carbocycles. The zero-order valence-electron chi connectivity index (χ0n) is 14.9. The van der Waals surface area contributed by atoms with Crippen molar-refractivity contribution in [1.29, 1.82) is 0 Å². The first-order valence-electron chi connectivity index (χ1n) is 8.84. The van der Waals surface area contributed by atoms with Gasteiger partial charge in [0.15, 0.2) is 0 Å². The summed E-state index contributed by atoms with van der Waals surface area (Å²) in [6.07, 6.45) is 4.70. The number of methoxy groups -OCH3 is 1. The lowest BCUT2D eigenvalue weighted by Gasteiger charge is -2.26. The summed E-state index contributed by atoms with van der Waals surface area (Å²) >= 11 is 0. The summed E-state index contributed by atoms with van der Waals surface area (Å²) in [5.41, 5.74) is 1.63. The molecule has 0 bridgehead atoms. The van der Waals surface area contributed by atoms with E-state index in [1.54, 1.807) is 19.2 Å². The van der Waals surface area contributed by atoms with Crippen LogP contribution in [0.5, 0.6) is 5.75 Å². The van der Waals surface area contributed by atoms with Gasteiger partial charge in [0, 0.05) is 37.0 Å². The van der Waals surface area contributed by atoms with Crippen molar-refractivity contribution in [3.05, 3.63) is 59.4 Å². The molecule has 2 aromatic rings. The molecular formula is C20H23N3O3. The minimum Gasteiger partial charge on any atom is -0.496 e. The van der Waals surface area contributed by atoms with E-state index >= 15 is 0 Å². The van der Waals surface area contributed by atoms with Crippen LogP contribution >= 0.6 is 0 Å². The Morgan fingerprint density at radius 3 is 2.69 bits per heavy atom. The SMILES string of the molecule is COc1ccccc1CNC(=O)c1ccnc(C(=O)N2CCCCC2)c1. The highest BCUT2D eigenvalue weighted by atomic mass is 16.5. The first kappa shape index (κ1) is 17.9. The molecule has 1 aromatic heterocycles. The van der Waals surface area contributed by atoms with Crippen LogP contribution in [0.1, 0.15) is 45.7 Å². The van der Waals surface area contributed by atoms with Crippen LogP contribution in [0.3, 0.4) is 0 Å². The van der Waals surface area contributed by atoms with E-state index in [4.69, 9.17) is 4.74 Å². The second kappa shape index (κ2) is 8.47. The molecule has 0 atom stereocenters. The minimum atomic E-state index is -0.244. The average molecular weight is 353 g/mol. The number of likely N-dealkylation sites (tertiary alicyclic amines) is 1. The van der Waals surface area contributed by atoms with Gasteiger partial charge in [0.1, 0.15) is 11.4 Å². The fourth-order valence-corrected chi connectivity index (χ4v) is 3.07. The Bertz CT molecular complexity index is 785. The molecule has 2 amide bonds. The molecule has 1 aromatic carbocycles. The molecule has 1 saturated heterocycles. The molecule has 6 nitrogen and oxygen atoms in total. The second-order valence-electron chi connectivity index (χ2n) is 6.28. The Morgan fingerprint density at radius 2 is 1.92 bits per heavy atom. The van der Waals surface area contributed by atoms with E-state index in [1.165, 1.54) is 6.20 Å². The molecule has 1 aliphatic rings. The van der Waals surface area contributed by atoms with Crippen molar-refractivity contribution in [2.24, 2.45) is 0 Å². The maximum absolute atomic E-state index is 12.6. The largest absolute Gasteiger partial charge is 0.496 e. The van der Waals surface area contributed by atoms with Gasteiger partial charge in [-0.15, -0.1) is 0 Å². The Kier molecular flexibility index (Phi) is 5.84. The summed E-state index contributed by atoms with van der Waals surface area (Å²) in [5.74, 6) is 0.374. The number of para-hydroxylation sites is 1. The number of aromatic nitrogens is 1. The van der Waals surface area contributed by atoms with Crippen LogP contribution in [-0.4, -0.2) is 41.9 Å². The number of carbonyl (C=O) groups excluding carboxylic acids is 2. The van der Waals surface area contributed by atoms with Crippen molar-refractivity contribution < 1.29 is 14.3 Å². The van der Waals surface area contributed by atoms with Crippen LogP contribution in [0.15, 0.2) is 42.6 Å². The van der Waals surface area contributed by atoms with Crippen LogP contribution < -0.4 is 10.1 Å². The summed E-state index contributed by atoms with van der Waals surface area (Å²) < 4.78 is 5.29. The van der Waals surface area contributed by atoms with E-state index in [-0.39, 0.29) is 11.8 Å². The standard InChI is InChI=1S/C20H23N3O3/c1-26-18-8-4-3-7-16(18)14-22-19(24)15-9-10-21-17(13-15)20(25)23-11-5-2-6-12-23/h3-4,7-10,13H,2,5-6,11-12,14H2,1H3,(H,22,24). The Balaban J connectivity index is 1.67. The molecule has 136 valence electrons. The van der Waals surface area contributed by atoms with Gasteiger partial charge in [0.05, 0.1) is 7.11 Å². The molecular weight excluding hydrogens is 330 g/mol. The van der Waals surface area contributed by atoms with Crippen molar-refractivity contribution in [1.82, 2.24) is 15.2 Å². The normalized spacial score (nSPS) is 14.0. The smallest absolute Gasteiger partial charge is 0.272 e. The van der Waals surface area contributed by atoms with Gasteiger partial charge in [-0.05, 0) is 37.5 Å². The number of pyridine rings is 1. The summed E-state index contributed by atoms with van der Waals surface area (Å²) in [6.45, 7) is 1.86. The van der Waals surface area contributed by atoms with Crippen LogP contribution in [0.25, 0.3) is 0 Å². The van der Waals surface area contributed by atoms with Crippen LogP contribution in [0.2, 0.25) is 0 Å². The van der Waals surface area contributed by atoms with Gasteiger partial charge in [0.25, 0.3) is 11.8 Å². The molecule has 26 heavy (non-hydrogen) atoms. The van der Waals surface area contributed by atoms with Gasteiger partial charge < -0.3 is 15.0 Å². The fraction of sp³-hybridized carbons (Fsp3) is 0.350. The minimum absolute atomic E-state index is 0.107. The molecule has 0 unspecified atom stereocenters. The number of carbonyl (C=O) groups is 2. The molecule has 0 spiro atoms. The fourth-order valence-electron chi connectivity index (χ4n) is 3.07. The van der Waals surface area contributed by atoms with Crippen LogP contribution in [0.4, 0.5) is 0 Å². The lowest BCUT2D eigenvalue weighted by atomic mass is 10.1. The van der Waals surface area contributed by atoms with E-state index in [9.17, 15) is 9.59 Å². The predicted octanol–water partition coefficient (Wildman–Crippen LogP) is 2.65. The third-order valence-corrected chi connectivity index (χ3v) is 4.52. The van der Waals surface area contributed by atoms with Crippen molar-refractivity contribution in [2.45, 2.75) is 25.8 Å². The molecule has 0 radical (unpaired) electrons. The average Bonchev–Trinajstić information content (AvgIpc) is 2.72. The molecule has 1 fully saturated rings.